The zero-order valence-corrected chi connectivity index (χ0v) is 16.7. The molecule has 2 aliphatic heterocycles. The molecule has 158 valence electrons. The van der Waals surface area contributed by atoms with Crippen molar-refractivity contribution in [3.05, 3.63) is 53.6 Å². The predicted octanol–water partition coefficient (Wildman–Crippen LogP) is 5.10. The van der Waals surface area contributed by atoms with Gasteiger partial charge in [0.1, 0.15) is 0 Å². The monoisotopic (exact) mass is 416 g/mol. The number of anilines is 3. The van der Waals surface area contributed by atoms with Crippen LogP contribution in [0.15, 0.2) is 42.5 Å². The topological polar surface area (TPSA) is 32.8 Å². The van der Waals surface area contributed by atoms with Gasteiger partial charge in [-0.15, -0.1) is 0 Å². The first kappa shape index (κ1) is 19.3. The van der Waals surface area contributed by atoms with Crippen LogP contribution in [-0.4, -0.2) is 32.2 Å². The summed E-state index contributed by atoms with van der Waals surface area (Å²) < 4.78 is 44.6. The average Bonchev–Trinajstić information content (AvgIpc) is 3.26. The van der Waals surface area contributed by atoms with E-state index in [0.717, 1.165) is 41.9 Å². The van der Waals surface area contributed by atoms with Crippen LogP contribution in [0.4, 0.5) is 30.2 Å². The average molecular weight is 416 g/mol. The van der Waals surface area contributed by atoms with Crippen LogP contribution in [0, 0.1) is 5.92 Å². The van der Waals surface area contributed by atoms with Gasteiger partial charge in [-0.1, -0.05) is 12.5 Å². The van der Waals surface area contributed by atoms with Gasteiger partial charge in [0, 0.05) is 42.1 Å². The van der Waals surface area contributed by atoms with Crippen molar-refractivity contribution in [2.75, 3.05) is 30.0 Å². The molecule has 0 N–H and O–H groups in total. The quantitative estimate of drug-likeness (QED) is 0.652. The third kappa shape index (κ3) is 3.02. The van der Waals surface area contributed by atoms with E-state index in [1.165, 1.54) is 19.2 Å². The summed E-state index contributed by atoms with van der Waals surface area (Å²) in [7, 11) is 1.40. The van der Waals surface area contributed by atoms with Crippen molar-refractivity contribution >= 4 is 23.0 Å². The molecule has 3 aliphatic rings. The number of carbonyl (C=O) groups is 1. The number of esters is 1. The molecule has 0 aromatic heterocycles. The smallest absolute Gasteiger partial charge is 0.416 e. The highest BCUT2D eigenvalue weighted by atomic mass is 19.4. The predicted molar refractivity (Wildman–Crippen MR) is 108 cm³/mol. The largest absolute Gasteiger partial charge is 0.469 e. The first-order valence-electron chi connectivity index (χ1n) is 10.3. The minimum atomic E-state index is -4.33. The van der Waals surface area contributed by atoms with Crippen LogP contribution in [0.5, 0.6) is 0 Å². The van der Waals surface area contributed by atoms with Gasteiger partial charge in [-0.25, -0.2) is 0 Å². The second-order valence-corrected chi connectivity index (χ2v) is 8.39. The summed E-state index contributed by atoms with van der Waals surface area (Å²) in [5.41, 5.74) is 3.13. The lowest BCUT2D eigenvalue weighted by molar-refractivity contribution is -0.146. The fourth-order valence-electron chi connectivity index (χ4n) is 5.21. The molecule has 0 amide bonds. The Morgan fingerprint density at radius 1 is 1.07 bits per heavy atom. The van der Waals surface area contributed by atoms with E-state index in [9.17, 15) is 18.0 Å². The number of nitrogens with zero attached hydrogens (tertiary/aromatic N) is 2. The zero-order valence-electron chi connectivity index (χ0n) is 16.7. The molecule has 2 aromatic carbocycles. The molecule has 2 heterocycles. The maximum absolute atomic E-state index is 13.3. The molecule has 0 bridgehead atoms. The number of fused-ring (bicyclic) bond motifs is 3. The molecule has 0 spiro atoms. The maximum atomic E-state index is 13.3. The van der Waals surface area contributed by atoms with Crippen molar-refractivity contribution in [3.8, 4) is 0 Å². The first-order valence-corrected chi connectivity index (χ1v) is 10.3. The van der Waals surface area contributed by atoms with Crippen molar-refractivity contribution in [3.63, 3.8) is 0 Å². The summed E-state index contributed by atoms with van der Waals surface area (Å²) in [5, 5.41) is 0. The van der Waals surface area contributed by atoms with E-state index in [1.54, 1.807) is 6.07 Å². The molecule has 4 nitrogen and oxygen atoms in total. The lowest BCUT2D eigenvalue weighted by Gasteiger charge is -2.39. The third-order valence-corrected chi connectivity index (χ3v) is 6.71. The lowest BCUT2D eigenvalue weighted by Crippen LogP contribution is -2.50. The molecule has 2 aromatic rings. The second-order valence-electron chi connectivity index (χ2n) is 8.39. The van der Waals surface area contributed by atoms with Gasteiger partial charge < -0.3 is 14.5 Å². The Labute approximate surface area is 173 Å². The number of benzene rings is 2. The summed E-state index contributed by atoms with van der Waals surface area (Å²) >= 11 is 0. The van der Waals surface area contributed by atoms with Crippen LogP contribution in [0.3, 0.4) is 0 Å². The molecule has 2 unspecified atom stereocenters. The van der Waals surface area contributed by atoms with Gasteiger partial charge >= 0.3 is 12.1 Å². The van der Waals surface area contributed by atoms with Crippen LogP contribution in [0.1, 0.15) is 36.3 Å². The molecular weight excluding hydrogens is 393 g/mol. The summed E-state index contributed by atoms with van der Waals surface area (Å²) in [4.78, 5) is 16.0. The van der Waals surface area contributed by atoms with Crippen LogP contribution < -0.4 is 9.80 Å². The maximum Gasteiger partial charge on any atom is 0.416 e. The molecule has 2 fully saturated rings. The normalized spacial score (nSPS) is 23.2. The zero-order chi connectivity index (χ0) is 21.0. The number of hydrogen-bond acceptors (Lipinski definition) is 4. The molecule has 2 atom stereocenters. The van der Waals surface area contributed by atoms with Gasteiger partial charge in [-0.05, 0) is 54.8 Å². The van der Waals surface area contributed by atoms with Gasteiger partial charge in [0.2, 0.25) is 0 Å². The minimum Gasteiger partial charge on any atom is -0.469 e. The van der Waals surface area contributed by atoms with E-state index >= 15 is 0 Å². The summed E-state index contributed by atoms with van der Waals surface area (Å²) in [6, 6.07) is 12.4. The SMILES string of the molecule is COC(=O)C1CN(c2cccc(N3c4ccc(C(F)(F)F)cc4C4CCCC43)c2)C1. The summed E-state index contributed by atoms with van der Waals surface area (Å²) in [6.07, 6.45) is -1.42. The number of methoxy groups -OCH3 is 1. The van der Waals surface area contributed by atoms with Crippen molar-refractivity contribution in [2.45, 2.75) is 37.4 Å². The number of hydrogen-bond donors (Lipinski definition) is 0. The van der Waals surface area contributed by atoms with E-state index in [4.69, 9.17) is 4.74 Å². The summed E-state index contributed by atoms with van der Waals surface area (Å²) in [6.45, 7) is 1.24. The number of rotatable bonds is 3. The highest BCUT2D eigenvalue weighted by Crippen LogP contribution is 2.53. The highest BCUT2D eigenvalue weighted by Gasteiger charge is 2.44. The van der Waals surface area contributed by atoms with Gasteiger partial charge in [-0.2, -0.15) is 13.2 Å². The molecular formula is C23H23F3N2O2. The Morgan fingerprint density at radius 2 is 1.83 bits per heavy atom. The number of halogens is 3. The molecule has 1 saturated carbocycles. The fourth-order valence-corrected chi connectivity index (χ4v) is 5.21. The molecule has 30 heavy (non-hydrogen) atoms. The molecule has 5 rings (SSSR count). The first-order chi connectivity index (χ1) is 14.4. The van der Waals surface area contributed by atoms with E-state index in [-0.39, 0.29) is 23.8 Å². The number of alkyl halides is 3. The van der Waals surface area contributed by atoms with E-state index in [0.29, 0.717) is 13.1 Å². The van der Waals surface area contributed by atoms with Gasteiger partial charge in [0.05, 0.1) is 18.6 Å². The van der Waals surface area contributed by atoms with Crippen molar-refractivity contribution in [1.82, 2.24) is 0 Å². The lowest BCUT2D eigenvalue weighted by atomic mass is 9.96. The molecule has 7 heteroatoms. The standard InChI is InChI=1S/C23H23F3N2O2/c1-30-22(29)14-12-27(13-14)16-4-2-5-17(11-16)28-20-7-3-6-18(20)19-10-15(23(24,25)26)8-9-21(19)28/h2,4-5,8-11,14,18,20H,3,6-7,12-13H2,1H3. The molecule has 1 saturated heterocycles. The van der Waals surface area contributed by atoms with E-state index in [2.05, 4.69) is 15.9 Å². The third-order valence-electron chi connectivity index (χ3n) is 6.71. The van der Waals surface area contributed by atoms with Crippen LogP contribution >= 0.6 is 0 Å². The van der Waals surface area contributed by atoms with Crippen molar-refractivity contribution in [2.24, 2.45) is 5.92 Å². The van der Waals surface area contributed by atoms with Gasteiger partial charge in [0.25, 0.3) is 0 Å². The fraction of sp³-hybridized carbons (Fsp3) is 0.435. The minimum absolute atomic E-state index is 0.105. The Morgan fingerprint density at radius 3 is 2.57 bits per heavy atom. The van der Waals surface area contributed by atoms with Crippen LogP contribution in [0.2, 0.25) is 0 Å². The Hall–Kier alpha value is -2.70. The Balaban J connectivity index is 1.46. The van der Waals surface area contributed by atoms with Gasteiger partial charge in [0.15, 0.2) is 0 Å². The van der Waals surface area contributed by atoms with Crippen molar-refractivity contribution < 1.29 is 22.7 Å². The van der Waals surface area contributed by atoms with Gasteiger partial charge in [-0.3, -0.25) is 4.79 Å². The number of carbonyl (C=O) groups excluding carboxylic acids is 1. The second kappa shape index (κ2) is 6.93. The summed E-state index contributed by atoms with van der Waals surface area (Å²) in [5.74, 6) is -0.157. The highest BCUT2D eigenvalue weighted by molar-refractivity contribution is 5.78. The Bertz CT molecular complexity index is 985. The van der Waals surface area contributed by atoms with Crippen LogP contribution in [-0.2, 0) is 15.7 Å². The molecule has 1 aliphatic carbocycles. The number of ether oxygens (including phenoxy) is 1. The van der Waals surface area contributed by atoms with E-state index < -0.39 is 11.7 Å². The Kier molecular flexibility index (Phi) is 4.45. The van der Waals surface area contributed by atoms with Crippen LogP contribution in [0.25, 0.3) is 0 Å². The molecule has 0 radical (unpaired) electrons. The van der Waals surface area contributed by atoms with E-state index in [1.807, 2.05) is 18.2 Å². The van der Waals surface area contributed by atoms with Crippen molar-refractivity contribution in [1.29, 1.82) is 0 Å².